The maximum absolute atomic E-state index is 12.9. The van der Waals surface area contributed by atoms with Crippen LogP contribution in [0.4, 0.5) is 5.69 Å². The molecule has 4 aromatic rings. The maximum atomic E-state index is 12.9. The Morgan fingerprint density at radius 1 is 0.812 bits per heavy atom. The van der Waals surface area contributed by atoms with Gasteiger partial charge in [0.25, 0.3) is 5.91 Å². The van der Waals surface area contributed by atoms with Crippen molar-refractivity contribution in [2.24, 2.45) is 14.1 Å². The van der Waals surface area contributed by atoms with Gasteiger partial charge < -0.3 is 23.9 Å². The number of hydrogen-bond acceptors (Lipinski definition) is 5. The van der Waals surface area contributed by atoms with Crippen molar-refractivity contribution in [2.75, 3.05) is 12.4 Å². The van der Waals surface area contributed by atoms with E-state index in [4.69, 9.17) is 9.47 Å². The van der Waals surface area contributed by atoms with Crippen LogP contribution in [0.25, 0.3) is 11.0 Å². The molecule has 32 heavy (non-hydrogen) atoms. The lowest BCUT2D eigenvalue weighted by Crippen LogP contribution is -2.39. The van der Waals surface area contributed by atoms with E-state index in [0.717, 1.165) is 0 Å². The van der Waals surface area contributed by atoms with Crippen molar-refractivity contribution in [1.82, 2.24) is 9.13 Å². The predicted octanol–water partition coefficient (Wildman–Crippen LogP) is 3.29. The van der Waals surface area contributed by atoms with Gasteiger partial charge in [-0.2, -0.15) is 0 Å². The summed E-state index contributed by atoms with van der Waals surface area (Å²) in [6.45, 7) is 0. The molecule has 1 N–H and O–H groups in total. The highest BCUT2D eigenvalue weighted by molar-refractivity contribution is 6.06. The molecule has 0 saturated carbocycles. The van der Waals surface area contributed by atoms with Crippen molar-refractivity contribution < 1.29 is 14.3 Å². The van der Waals surface area contributed by atoms with Gasteiger partial charge in [0.15, 0.2) is 5.75 Å². The Hall–Kier alpha value is -4.33. The van der Waals surface area contributed by atoms with E-state index in [0.29, 0.717) is 39.5 Å². The molecule has 0 unspecified atom stereocenters. The van der Waals surface area contributed by atoms with Crippen molar-refractivity contribution in [1.29, 1.82) is 0 Å². The molecule has 0 fully saturated rings. The van der Waals surface area contributed by atoms with E-state index < -0.39 is 11.1 Å². The lowest BCUT2D eigenvalue weighted by atomic mass is 10.1. The largest absolute Gasteiger partial charge is 0.497 e. The number of aryl methyl sites for hydroxylation is 2. The Labute approximate surface area is 183 Å². The fraction of sp³-hybridized carbons (Fsp3) is 0.125. The van der Waals surface area contributed by atoms with Crippen LogP contribution >= 0.6 is 0 Å². The van der Waals surface area contributed by atoms with Gasteiger partial charge in [-0.05, 0) is 36.4 Å². The van der Waals surface area contributed by atoms with Crippen LogP contribution in [0.2, 0.25) is 0 Å². The van der Waals surface area contributed by atoms with E-state index in [2.05, 4.69) is 5.32 Å². The molecule has 0 radical (unpaired) electrons. The second kappa shape index (κ2) is 8.43. The van der Waals surface area contributed by atoms with Gasteiger partial charge in [-0.1, -0.05) is 24.3 Å². The molecular formula is C24H21N3O5. The van der Waals surface area contributed by atoms with E-state index in [1.165, 1.54) is 30.3 Å². The lowest BCUT2D eigenvalue weighted by Gasteiger charge is -2.16. The fourth-order valence-electron chi connectivity index (χ4n) is 3.36. The molecule has 0 aliphatic rings. The summed E-state index contributed by atoms with van der Waals surface area (Å²) in [7, 11) is 4.56. The number of nitrogens with zero attached hydrogens (tertiary/aromatic N) is 2. The number of rotatable bonds is 5. The van der Waals surface area contributed by atoms with Crippen LogP contribution in [-0.4, -0.2) is 22.2 Å². The van der Waals surface area contributed by atoms with Crippen LogP contribution in [-0.2, 0) is 14.1 Å². The summed E-state index contributed by atoms with van der Waals surface area (Å²) in [4.78, 5) is 37.5. The Balaban J connectivity index is 1.86. The molecular weight excluding hydrogens is 410 g/mol. The number of amides is 1. The summed E-state index contributed by atoms with van der Waals surface area (Å²) in [5.41, 5.74) is 0.383. The molecule has 0 aliphatic carbocycles. The van der Waals surface area contributed by atoms with Crippen LogP contribution in [0.15, 0.2) is 76.3 Å². The van der Waals surface area contributed by atoms with Gasteiger partial charge in [0, 0.05) is 25.7 Å². The highest BCUT2D eigenvalue weighted by Gasteiger charge is 2.17. The number of nitrogens with one attached hydrogen (secondary N) is 1. The van der Waals surface area contributed by atoms with Crippen LogP contribution in [0.5, 0.6) is 17.2 Å². The molecule has 0 atom stereocenters. The average molecular weight is 431 g/mol. The summed E-state index contributed by atoms with van der Waals surface area (Å²) >= 11 is 0. The number of carbonyl (C=O) groups excluding carboxylic acids is 1. The number of para-hydroxylation sites is 1. The number of benzene rings is 3. The molecule has 0 aliphatic heterocycles. The Kier molecular flexibility index (Phi) is 5.51. The zero-order chi connectivity index (χ0) is 22.8. The van der Waals surface area contributed by atoms with Crippen LogP contribution in [0.1, 0.15) is 10.4 Å². The average Bonchev–Trinajstić information content (AvgIpc) is 2.82. The van der Waals surface area contributed by atoms with Crippen LogP contribution in [0, 0.1) is 0 Å². The summed E-state index contributed by atoms with van der Waals surface area (Å²) in [6, 6.07) is 19.0. The molecule has 0 spiro atoms. The standard InChI is InChI=1S/C24H21N3O5/c1-26-19-13-18(25-22(28)15-8-7-11-17(12-15)31-3)21(32-16-9-5-4-6-10-16)14-20(19)27(2)24(30)23(26)29/h4-14H,1-3H3,(H,25,28). The third-order valence-corrected chi connectivity index (χ3v) is 5.14. The van der Waals surface area contributed by atoms with Crippen molar-refractivity contribution in [3.63, 3.8) is 0 Å². The number of carbonyl (C=O) groups is 1. The molecule has 162 valence electrons. The molecule has 0 saturated heterocycles. The Morgan fingerprint density at radius 3 is 2.09 bits per heavy atom. The van der Waals surface area contributed by atoms with Crippen LogP contribution < -0.4 is 25.9 Å². The summed E-state index contributed by atoms with van der Waals surface area (Å²) in [5.74, 6) is 1.05. The zero-order valence-electron chi connectivity index (χ0n) is 17.8. The maximum Gasteiger partial charge on any atom is 0.316 e. The van der Waals surface area contributed by atoms with Gasteiger partial charge in [-0.3, -0.25) is 14.4 Å². The second-order valence-electron chi connectivity index (χ2n) is 7.17. The second-order valence-corrected chi connectivity index (χ2v) is 7.17. The Bertz CT molecular complexity index is 1440. The molecule has 1 amide bonds. The number of aromatic nitrogens is 2. The van der Waals surface area contributed by atoms with Gasteiger partial charge >= 0.3 is 11.1 Å². The number of ether oxygens (including phenoxy) is 2. The quantitative estimate of drug-likeness (QED) is 0.490. The van der Waals surface area contributed by atoms with Gasteiger partial charge in [0.2, 0.25) is 0 Å². The predicted molar refractivity (Wildman–Crippen MR) is 122 cm³/mol. The highest BCUT2D eigenvalue weighted by Crippen LogP contribution is 2.33. The van der Waals surface area contributed by atoms with Crippen LogP contribution in [0.3, 0.4) is 0 Å². The number of anilines is 1. The minimum absolute atomic E-state index is 0.327. The Morgan fingerprint density at radius 2 is 1.44 bits per heavy atom. The van der Waals surface area contributed by atoms with Gasteiger partial charge in [-0.25, -0.2) is 0 Å². The first kappa shape index (κ1) is 20.9. The first-order valence-corrected chi connectivity index (χ1v) is 9.81. The monoisotopic (exact) mass is 431 g/mol. The number of methoxy groups -OCH3 is 1. The molecule has 3 aromatic carbocycles. The van der Waals surface area contributed by atoms with Crippen molar-refractivity contribution in [3.8, 4) is 17.2 Å². The molecule has 0 bridgehead atoms. The molecule has 8 nitrogen and oxygen atoms in total. The zero-order valence-corrected chi connectivity index (χ0v) is 17.8. The first-order valence-electron chi connectivity index (χ1n) is 9.81. The van der Waals surface area contributed by atoms with E-state index >= 15 is 0 Å². The van der Waals surface area contributed by atoms with Crippen molar-refractivity contribution >= 4 is 22.6 Å². The van der Waals surface area contributed by atoms with Crippen molar-refractivity contribution in [2.45, 2.75) is 0 Å². The molecule has 1 aromatic heterocycles. The van der Waals surface area contributed by atoms with Gasteiger partial charge in [0.1, 0.15) is 11.5 Å². The lowest BCUT2D eigenvalue weighted by molar-refractivity contribution is 0.102. The van der Waals surface area contributed by atoms with Gasteiger partial charge in [-0.15, -0.1) is 0 Å². The number of fused-ring (bicyclic) bond motifs is 1. The SMILES string of the molecule is COc1cccc(C(=O)Nc2cc3c(cc2Oc2ccccc2)n(C)c(=O)c(=O)n3C)c1. The summed E-state index contributed by atoms with van der Waals surface area (Å²) in [5, 5.41) is 2.85. The van der Waals surface area contributed by atoms with E-state index in [-0.39, 0.29) is 5.91 Å². The summed E-state index contributed by atoms with van der Waals surface area (Å²) < 4.78 is 13.7. The number of hydrogen-bond donors (Lipinski definition) is 1. The van der Waals surface area contributed by atoms with E-state index in [9.17, 15) is 14.4 Å². The fourth-order valence-corrected chi connectivity index (χ4v) is 3.36. The van der Waals surface area contributed by atoms with Gasteiger partial charge in [0.05, 0.1) is 23.8 Å². The topological polar surface area (TPSA) is 91.6 Å². The molecule has 1 heterocycles. The van der Waals surface area contributed by atoms with E-state index in [1.54, 1.807) is 48.5 Å². The first-order chi connectivity index (χ1) is 15.4. The van der Waals surface area contributed by atoms with E-state index in [1.807, 2.05) is 18.2 Å². The third-order valence-electron chi connectivity index (χ3n) is 5.14. The normalized spacial score (nSPS) is 10.7. The van der Waals surface area contributed by atoms with Crippen molar-refractivity contribution in [3.05, 3.63) is 93.0 Å². The molecule has 8 heteroatoms. The smallest absolute Gasteiger partial charge is 0.316 e. The minimum Gasteiger partial charge on any atom is -0.497 e. The minimum atomic E-state index is -0.665. The molecule has 4 rings (SSSR count). The summed E-state index contributed by atoms with van der Waals surface area (Å²) in [6.07, 6.45) is 0. The third kappa shape index (κ3) is 3.85. The highest BCUT2D eigenvalue weighted by atomic mass is 16.5.